The van der Waals surface area contributed by atoms with Gasteiger partial charge in [0.2, 0.25) is 5.82 Å². The monoisotopic (exact) mass is 667 g/mol. The number of aromatic nitrogens is 5. The topological polar surface area (TPSA) is 143 Å². The van der Waals surface area contributed by atoms with Crippen molar-refractivity contribution in [2.45, 2.75) is 17.4 Å². The van der Waals surface area contributed by atoms with E-state index in [4.69, 9.17) is 5.10 Å². The number of fused-ring (bicyclic) bond motifs is 1. The molecule has 0 aliphatic carbocycles. The van der Waals surface area contributed by atoms with Crippen LogP contribution in [0.2, 0.25) is 0 Å². The summed E-state index contributed by atoms with van der Waals surface area (Å²) in [5, 5.41) is 27.9. The van der Waals surface area contributed by atoms with Crippen LogP contribution in [0.1, 0.15) is 26.4 Å². The molecule has 2 N–H and O–H groups in total. The van der Waals surface area contributed by atoms with Crippen LogP contribution >= 0.6 is 22.7 Å². The number of carbonyl (C=O) groups is 1. The van der Waals surface area contributed by atoms with Crippen molar-refractivity contribution in [2.75, 3.05) is 12.4 Å². The number of sulfonamides is 1. The first-order valence-corrected chi connectivity index (χ1v) is 17.1. The number of thiophene rings is 1. The van der Waals surface area contributed by atoms with Gasteiger partial charge in [-0.3, -0.25) is 14.4 Å². The van der Waals surface area contributed by atoms with E-state index in [9.17, 15) is 18.3 Å². The van der Waals surface area contributed by atoms with E-state index < -0.39 is 32.9 Å². The van der Waals surface area contributed by atoms with Crippen LogP contribution in [-0.4, -0.2) is 56.0 Å². The predicted octanol–water partition coefficient (Wildman–Crippen LogP) is 5.51. The molecule has 4 heterocycles. The number of tetrazole rings is 1. The van der Waals surface area contributed by atoms with Crippen LogP contribution in [0.25, 0.3) is 16.5 Å². The van der Waals surface area contributed by atoms with Crippen LogP contribution in [0, 0.1) is 6.92 Å². The van der Waals surface area contributed by atoms with Gasteiger partial charge in [0.1, 0.15) is 4.90 Å². The average molecular weight is 668 g/mol. The third-order valence-corrected chi connectivity index (χ3v) is 11.5. The molecule has 14 heteroatoms. The number of aliphatic hydroxyl groups is 1. The van der Waals surface area contributed by atoms with Crippen LogP contribution in [0.3, 0.4) is 0 Å². The molecule has 0 bridgehead atoms. The molecule has 1 aliphatic heterocycles. The Morgan fingerprint density at radius 2 is 1.46 bits per heavy atom. The molecule has 230 valence electrons. The number of rotatable bonds is 7. The number of hydrogen-bond donors (Lipinski definition) is 2. The second-order valence-corrected chi connectivity index (χ2v) is 14.6. The number of amides is 1. The molecule has 0 atom stereocenters. The third-order valence-electron chi connectivity index (χ3n) is 7.66. The standard InChI is InChI=1S/C32H25N7O4S3/c1-20-19-33-31(44-20)34-30(41)26-27(40)28-25(46(42,43)38(26)2)18-24(45-28)29-35-37-39(36-29)32(21-12-6-3-7-13-21,22-14-8-4-9-15-22)23-16-10-5-11-17-23/h3-19,40H,1-2H3,(H,33,34,41). The molecule has 6 aromatic rings. The fraction of sp³-hybridized carbons (Fsp3) is 0.0938. The molecule has 46 heavy (non-hydrogen) atoms. The lowest BCUT2D eigenvalue weighted by Gasteiger charge is -2.34. The molecule has 3 aromatic carbocycles. The van der Waals surface area contributed by atoms with Crippen molar-refractivity contribution in [2.24, 2.45) is 0 Å². The first kappa shape index (κ1) is 29.5. The quantitative estimate of drug-likeness (QED) is 0.212. The van der Waals surface area contributed by atoms with E-state index in [1.54, 1.807) is 6.20 Å². The van der Waals surface area contributed by atoms with Crippen LogP contribution in [0.5, 0.6) is 0 Å². The maximum Gasteiger partial charge on any atom is 0.278 e. The van der Waals surface area contributed by atoms with Gasteiger partial charge in [0, 0.05) is 18.1 Å². The SMILES string of the molecule is Cc1cnc(NC(=O)C2=C(O)c3sc(-c4nnn(C(c5ccccc5)(c5ccccc5)c5ccccc5)n4)cc3S(=O)(=O)N2C)s1. The zero-order chi connectivity index (χ0) is 32.1. The summed E-state index contributed by atoms with van der Waals surface area (Å²) in [6.45, 7) is 1.83. The molecule has 0 radical (unpaired) electrons. The number of benzene rings is 3. The largest absolute Gasteiger partial charge is 0.504 e. The maximum absolute atomic E-state index is 13.6. The van der Waals surface area contributed by atoms with E-state index in [2.05, 4.69) is 20.6 Å². The van der Waals surface area contributed by atoms with E-state index in [1.165, 1.54) is 29.2 Å². The lowest BCUT2D eigenvalue weighted by Crippen LogP contribution is -2.39. The van der Waals surface area contributed by atoms with Gasteiger partial charge in [-0.15, -0.1) is 37.7 Å². The minimum atomic E-state index is -4.21. The highest BCUT2D eigenvalue weighted by atomic mass is 32.2. The van der Waals surface area contributed by atoms with Gasteiger partial charge in [0.15, 0.2) is 22.1 Å². The van der Waals surface area contributed by atoms with E-state index >= 15 is 0 Å². The van der Waals surface area contributed by atoms with E-state index in [-0.39, 0.29) is 20.7 Å². The van der Waals surface area contributed by atoms with Gasteiger partial charge < -0.3 is 5.11 Å². The molecule has 7 rings (SSSR count). The number of likely N-dealkylation sites (N-methyl/N-ethyl adjacent to an activating group) is 1. The number of carbonyl (C=O) groups excluding carboxylic acids is 1. The normalized spacial score (nSPS) is 14.3. The van der Waals surface area contributed by atoms with Crippen molar-refractivity contribution >= 4 is 49.5 Å². The zero-order valence-corrected chi connectivity index (χ0v) is 26.8. The Morgan fingerprint density at radius 3 is 1.98 bits per heavy atom. The zero-order valence-electron chi connectivity index (χ0n) is 24.4. The molecule has 11 nitrogen and oxygen atoms in total. The highest BCUT2D eigenvalue weighted by Crippen LogP contribution is 2.44. The number of hydrogen-bond acceptors (Lipinski definition) is 10. The molecule has 0 spiro atoms. The van der Waals surface area contributed by atoms with Gasteiger partial charge in [-0.1, -0.05) is 91.0 Å². The van der Waals surface area contributed by atoms with Crippen molar-refractivity contribution in [1.82, 2.24) is 29.5 Å². The number of nitrogens with zero attached hydrogens (tertiary/aromatic N) is 6. The van der Waals surface area contributed by atoms with Crippen molar-refractivity contribution < 1.29 is 18.3 Å². The fourth-order valence-electron chi connectivity index (χ4n) is 5.52. The number of aliphatic hydroxyl groups excluding tert-OH is 1. The van der Waals surface area contributed by atoms with Gasteiger partial charge in [-0.2, -0.15) is 0 Å². The third kappa shape index (κ3) is 4.69. The van der Waals surface area contributed by atoms with E-state index in [0.29, 0.717) is 4.88 Å². The minimum absolute atomic E-state index is 0.00496. The van der Waals surface area contributed by atoms with Gasteiger partial charge in [0.05, 0.1) is 9.75 Å². The molecule has 0 saturated heterocycles. The Hall–Kier alpha value is -5.18. The molecular formula is C32H25N7O4S3. The minimum Gasteiger partial charge on any atom is -0.504 e. The molecule has 1 aliphatic rings. The van der Waals surface area contributed by atoms with Crippen LogP contribution in [0.4, 0.5) is 5.13 Å². The molecule has 3 aromatic heterocycles. The lowest BCUT2D eigenvalue weighted by atomic mass is 9.77. The van der Waals surface area contributed by atoms with Gasteiger partial charge in [-0.05, 0) is 34.9 Å². The number of thiazole rings is 1. The number of aryl methyl sites for hydroxylation is 1. The lowest BCUT2D eigenvalue weighted by molar-refractivity contribution is -0.113. The smallest absolute Gasteiger partial charge is 0.278 e. The highest BCUT2D eigenvalue weighted by Gasteiger charge is 2.43. The maximum atomic E-state index is 13.6. The van der Waals surface area contributed by atoms with Crippen LogP contribution < -0.4 is 5.32 Å². The van der Waals surface area contributed by atoms with Gasteiger partial charge >= 0.3 is 0 Å². The van der Waals surface area contributed by atoms with Crippen LogP contribution in [0.15, 0.2) is 114 Å². The summed E-state index contributed by atoms with van der Waals surface area (Å²) in [7, 11) is -2.99. The Kier molecular flexibility index (Phi) is 7.26. The molecular weight excluding hydrogens is 643 g/mol. The second kappa shape index (κ2) is 11.3. The van der Waals surface area contributed by atoms with Crippen LogP contribution in [-0.2, 0) is 20.4 Å². The summed E-state index contributed by atoms with van der Waals surface area (Å²) in [4.78, 5) is 19.9. The molecule has 1 amide bonds. The highest BCUT2D eigenvalue weighted by molar-refractivity contribution is 7.89. The molecule has 0 unspecified atom stereocenters. The second-order valence-electron chi connectivity index (χ2n) is 10.4. The predicted molar refractivity (Wildman–Crippen MR) is 176 cm³/mol. The Labute approximate surface area is 272 Å². The van der Waals surface area contributed by atoms with Crippen molar-refractivity contribution in [3.63, 3.8) is 0 Å². The fourth-order valence-corrected chi connectivity index (χ4v) is 8.92. The van der Waals surface area contributed by atoms with Gasteiger partial charge in [0.25, 0.3) is 15.9 Å². The first-order valence-electron chi connectivity index (χ1n) is 14.0. The summed E-state index contributed by atoms with van der Waals surface area (Å²) in [5.74, 6) is -1.13. The van der Waals surface area contributed by atoms with Crippen molar-refractivity contribution in [3.05, 3.63) is 135 Å². The number of nitrogens with one attached hydrogen (secondary N) is 1. The summed E-state index contributed by atoms with van der Waals surface area (Å²) < 4.78 is 28.0. The average Bonchev–Trinajstić information content (AvgIpc) is 3.83. The summed E-state index contributed by atoms with van der Waals surface area (Å²) in [5.41, 5.74) is 1.22. The van der Waals surface area contributed by atoms with Gasteiger partial charge in [-0.25, -0.2) is 13.4 Å². The van der Waals surface area contributed by atoms with Crippen molar-refractivity contribution in [3.8, 4) is 10.7 Å². The first-order chi connectivity index (χ1) is 22.2. The Balaban J connectivity index is 1.37. The molecule has 0 saturated carbocycles. The summed E-state index contributed by atoms with van der Waals surface area (Å²) in [6, 6.07) is 30.9. The van der Waals surface area contributed by atoms with E-state index in [1.807, 2.05) is 97.9 Å². The summed E-state index contributed by atoms with van der Waals surface area (Å²) in [6.07, 6.45) is 1.59. The summed E-state index contributed by atoms with van der Waals surface area (Å²) >= 11 is 2.19. The van der Waals surface area contributed by atoms with E-state index in [0.717, 1.165) is 37.2 Å². The Bertz CT molecular complexity index is 2110. The molecule has 0 fully saturated rings. The van der Waals surface area contributed by atoms with Crippen molar-refractivity contribution in [1.29, 1.82) is 0 Å². The Morgan fingerprint density at radius 1 is 0.891 bits per heavy atom. The number of anilines is 1.